The maximum absolute atomic E-state index is 12.9. The average molecular weight is 436 g/mol. The molecule has 2 aromatic carbocycles. The number of nitro groups is 1. The molecule has 0 bridgehead atoms. The number of benzene rings is 2. The molecule has 31 heavy (non-hydrogen) atoms. The highest BCUT2D eigenvalue weighted by Crippen LogP contribution is 2.38. The van der Waals surface area contributed by atoms with Crippen LogP contribution in [0.5, 0.6) is 0 Å². The highest BCUT2D eigenvalue weighted by atomic mass is 19.4. The van der Waals surface area contributed by atoms with Crippen molar-refractivity contribution in [3.05, 3.63) is 58.1 Å². The Morgan fingerprint density at radius 3 is 2.39 bits per heavy atom. The second kappa shape index (κ2) is 8.83. The molecule has 1 amide bonds. The number of hydrogen-bond acceptors (Lipinski definition) is 5. The SMILES string of the molecule is CN(C)c1ccccc1NC(=O)C1CCN(c2ccc(C(F)(F)F)cc2[N+](=O)[O-])CC1. The predicted molar refractivity (Wildman–Crippen MR) is 112 cm³/mol. The Kier molecular flexibility index (Phi) is 6.37. The van der Waals surface area contributed by atoms with E-state index in [9.17, 15) is 28.1 Å². The number of amides is 1. The van der Waals surface area contributed by atoms with Crippen LogP contribution in [0.15, 0.2) is 42.5 Å². The summed E-state index contributed by atoms with van der Waals surface area (Å²) in [6.07, 6.45) is -3.78. The lowest BCUT2D eigenvalue weighted by molar-refractivity contribution is -0.384. The van der Waals surface area contributed by atoms with Gasteiger partial charge in [-0.05, 0) is 37.1 Å². The van der Waals surface area contributed by atoms with Crippen LogP contribution in [0.1, 0.15) is 18.4 Å². The molecule has 0 aromatic heterocycles. The van der Waals surface area contributed by atoms with Gasteiger partial charge in [0.2, 0.25) is 5.91 Å². The van der Waals surface area contributed by atoms with Gasteiger partial charge in [0.05, 0.1) is 21.9 Å². The first-order valence-corrected chi connectivity index (χ1v) is 9.75. The van der Waals surface area contributed by atoms with Crippen LogP contribution in [-0.4, -0.2) is 38.0 Å². The lowest BCUT2D eigenvalue weighted by atomic mass is 9.95. The summed E-state index contributed by atoms with van der Waals surface area (Å²) >= 11 is 0. The van der Waals surface area contributed by atoms with Crippen LogP contribution in [0, 0.1) is 16.0 Å². The van der Waals surface area contributed by atoms with Gasteiger partial charge in [0.25, 0.3) is 5.69 Å². The quantitative estimate of drug-likeness (QED) is 0.550. The number of carbonyl (C=O) groups is 1. The van der Waals surface area contributed by atoms with Crippen LogP contribution >= 0.6 is 0 Å². The number of carbonyl (C=O) groups excluding carboxylic acids is 1. The Balaban J connectivity index is 1.70. The van der Waals surface area contributed by atoms with Gasteiger partial charge in [-0.15, -0.1) is 0 Å². The molecule has 0 spiro atoms. The first kappa shape index (κ1) is 22.4. The van der Waals surface area contributed by atoms with Crippen molar-refractivity contribution >= 4 is 28.7 Å². The molecule has 3 rings (SSSR count). The van der Waals surface area contributed by atoms with E-state index in [0.29, 0.717) is 37.7 Å². The molecule has 0 saturated carbocycles. The van der Waals surface area contributed by atoms with Crippen molar-refractivity contribution in [3.8, 4) is 0 Å². The molecular weight excluding hydrogens is 413 g/mol. The van der Waals surface area contributed by atoms with Crippen LogP contribution in [0.25, 0.3) is 0 Å². The maximum Gasteiger partial charge on any atom is 0.416 e. The number of piperidine rings is 1. The van der Waals surface area contributed by atoms with Crippen molar-refractivity contribution in [1.82, 2.24) is 0 Å². The third-order valence-corrected chi connectivity index (χ3v) is 5.35. The van der Waals surface area contributed by atoms with E-state index in [2.05, 4.69) is 5.32 Å². The van der Waals surface area contributed by atoms with Crippen molar-refractivity contribution < 1.29 is 22.9 Å². The van der Waals surface area contributed by atoms with Gasteiger partial charge in [0.15, 0.2) is 0 Å². The predicted octanol–water partition coefficient (Wildman–Crippen LogP) is 4.53. The fourth-order valence-corrected chi connectivity index (χ4v) is 3.70. The summed E-state index contributed by atoms with van der Waals surface area (Å²) in [6.45, 7) is 0.666. The minimum absolute atomic E-state index is 0.134. The lowest BCUT2D eigenvalue weighted by Gasteiger charge is -2.33. The van der Waals surface area contributed by atoms with Gasteiger partial charge in [-0.2, -0.15) is 13.2 Å². The summed E-state index contributed by atoms with van der Waals surface area (Å²) in [5, 5.41) is 14.3. The summed E-state index contributed by atoms with van der Waals surface area (Å²) in [6, 6.07) is 9.95. The Morgan fingerprint density at radius 2 is 1.81 bits per heavy atom. The zero-order valence-electron chi connectivity index (χ0n) is 17.1. The third-order valence-electron chi connectivity index (χ3n) is 5.35. The van der Waals surface area contributed by atoms with Gasteiger partial charge < -0.3 is 15.1 Å². The van der Waals surface area contributed by atoms with Crippen molar-refractivity contribution in [2.45, 2.75) is 19.0 Å². The van der Waals surface area contributed by atoms with E-state index in [1.807, 2.05) is 43.3 Å². The van der Waals surface area contributed by atoms with E-state index in [1.165, 1.54) is 0 Å². The zero-order chi connectivity index (χ0) is 22.8. The van der Waals surface area contributed by atoms with Gasteiger partial charge in [-0.3, -0.25) is 14.9 Å². The number of nitrogens with one attached hydrogen (secondary N) is 1. The molecule has 0 atom stereocenters. The Morgan fingerprint density at radius 1 is 1.16 bits per heavy atom. The average Bonchev–Trinajstić information content (AvgIpc) is 2.73. The minimum Gasteiger partial charge on any atom is -0.376 e. The highest BCUT2D eigenvalue weighted by molar-refractivity contribution is 5.96. The van der Waals surface area contributed by atoms with Crippen LogP contribution in [0.4, 0.5) is 35.9 Å². The first-order chi connectivity index (χ1) is 14.6. The number of nitro benzene ring substituents is 1. The molecule has 10 heteroatoms. The Labute approximate surface area is 177 Å². The van der Waals surface area contributed by atoms with E-state index in [1.54, 1.807) is 4.90 Å². The molecule has 7 nitrogen and oxygen atoms in total. The van der Waals surface area contributed by atoms with E-state index in [4.69, 9.17) is 0 Å². The van der Waals surface area contributed by atoms with Crippen molar-refractivity contribution in [1.29, 1.82) is 0 Å². The molecule has 1 N–H and O–H groups in total. The first-order valence-electron chi connectivity index (χ1n) is 9.75. The molecule has 1 aliphatic rings. The summed E-state index contributed by atoms with van der Waals surface area (Å²) in [4.78, 5) is 26.8. The van der Waals surface area contributed by atoms with Gasteiger partial charge >= 0.3 is 6.18 Å². The molecule has 0 unspecified atom stereocenters. The molecule has 1 aliphatic heterocycles. The van der Waals surface area contributed by atoms with Crippen LogP contribution in [0.2, 0.25) is 0 Å². The lowest BCUT2D eigenvalue weighted by Crippen LogP contribution is -2.38. The molecule has 1 saturated heterocycles. The van der Waals surface area contributed by atoms with Gasteiger partial charge in [-0.1, -0.05) is 12.1 Å². The zero-order valence-corrected chi connectivity index (χ0v) is 17.1. The number of hydrogen-bond donors (Lipinski definition) is 1. The minimum atomic E-state index is -4.66. The second-order valence-corrected chi connectivity index (χ2v) is 7.62. The molecular formula is C21H23F3N4O3. The molecule has 1 heterocycles. The van der Waals surface area contributed by atoms with Crippen LogP contribution < -0.4 is 15.1 Å². The Bertz CT molecular complexity index is 971. The molecule has 2 aromatic rings. The van der Waals surface area contributed by atoms with E-state index >= 15 is 0 Å². The summed E-state index contributed by atoms with van der Waals surface area (Å²) in [5.41, 5.74) is 0.0520. The van der Waals surface area contributed by atoms with E-state index < -0.39 is 22.4 Å². The molecule has 0 aliphatic carbocycles. The topological polar surface area (TPSA) is 78.7 Å². The summed E-state index contributed by atoms with van der Waals surface area (Å²) in [7, 11) is 3.75. The molecule has 1 fully saturated rings. The van der Waals surface area contributed by atoms with Crippen molar-refractivity contribution in [2.24, 2.45) is 5.92 Å². The van der Waals surface area contributed by atoms with Crippen molar-refractivity contribution in [2.75, 3.05) is 42.3 Å². The van der Waals surface area contributed by atoms with Gasteiger partial charge in [0.1, 0.15) is 5.69 Å². The molecule has 0 radical (unpaired) electrons. The summed E-state index contributed by atoms with van der Waals surface area (Å²) in [5.74, 6) is -0.434. The Hall–Kier alpha value is -3.30. The van der Waals surface area contributed by atoms with E-state index in [0.717, 1.165) is 17.8 Å². The monoisotopic (exact) mass is 436 g/mol. The fraction of sp³-hybridized carbons (Fsp3) is 0.381. The summed E-state index contributed by atoms with van der Waals surface area (Å²) < 4.78 is 38.8. The van der Waals surface area contributed by atoms with Crippen molar-refractivity contribution in [3.63, 3.8) is 0 Å². The largest absolute Gasteiger partial charge is 0.416 e. The number of rotatable bonds is 5. The number of nitrogens with zero attached hydrogens (tertiary/aromatic N) is 3. The molecule has 166 valence electrons. The van der Waals surface area contributed by atoms with Crippen LogP contribution in [-0.2, 0) is 11.0 Å². The third kappa shape index (κ3) is 5.07. The maximum atomic E-state index is 12.9. The smallest absolute Gasteiger partial charge is 0.376 e. The highest BCUT2D eigenvalue weighted by Gasteiger charge is 2.35. The fourth-order valence-electron chi connectivity index (χ4n) is 3.70. The second-order valence-electron chi connectivity index (χ2n) is 7.62. The normalized spacial score (nSPS) is 14.9. The van der Waals surface area contributed by atoms with E-state index in [-0.39, 0.29) is 17.5 Å². The standard InChI is InChI=1S/C21H23F3N4O3/c1-26(2)17-6-4-3-5-16(17)25-20(29)14-9-11-27(12-10-14)18-8-7-15(21(22,23)24)13-19(18)28(30)31/h3-8,13-14H,9-12H2,1-2H3,(H,25,29). The number of para-hydroxylation sites is 2. The number of halogens is 3. The van der Waals surface area contributed by atoms with Gasteiger partial charge in [-0.25, -0.2) is 0 Å². The number of alkyl halides is 3. The number of anilines is 3. The van der Waals surface area contributed by atoms with Gasteiger partial charge in [0, 0.05) is 39.2 Å². The van der Waals surface area contributed by atoms with Crippen LogP contribution in [0.3, 0.4) is 0 Å².